The fourth-order valence-electron chi connectivity index (χ4n) is 3.19. The number of nitrogens with zero attached hydrogens (tertiary/aromatic N) is 3. The molecule has 0 saturated heterocycles. The molecule has 6 heteroatoms. The SMILES string of the molecule is COCc1nc(CNC2CCCc3c2cnn3C(C)(C)C)cs1. The molecule has 3 rings (SSSR count). The number of hydrogen-bond donors (Lipinski definition) is 1. The van der Waals surface area contributed by atoms with Crippen LogP contribution in [0, 0.1) is 0 Å². The molecule has 1 aliphatic carbocycles. The lowest BCUT2D eigenvalue weighted by molar-refractivity contribution is 0.184. The third-order valence-corrected chi connectivity index (χ3v) is 5.09. The topological polar surface area (TPSA) is 52.0 Å². The molecule has 0 aromatic carbocycles. The monoisotopic (exact) mass is 334 g/mol. The van der Waals surface area contributed by atoms with Gasteiger partial charge in [0.15, 0.2) is 0 Å². The zero-order valence-corrected chi connectivity index (χ0v) is 15.2. The van der Waals surface area contributed by atoms with E-state index >= 15 is 0 Å². The minimum Gasteiger partial charge on any atom is -0.378 e. The van der Waals surface area contributed by atoms with E-state index in [1.54, 1.807) is 18.4 Å². The minimum absolute atomic E-state index is 0.0411. The maximum Gasteiger partial charge on any atom is 0.119 e. The van der Waals surface area contributed by atoms with Crippen molar-refractivity contribution in [1.82, 2.24) is 20.1 Å². The van der Waals surface area contributed by atoms with Crippen LogP contribution in [0.4, 0.5) is 0 Å². The van der Waals surface area contributed by atoms with E-state index in [1.807, 2.05) is 0 Å². The summed E-state index contributed by atoms with van der Waals surface area (Å²) in [4.78, 5) is 4.60. The zero-order chi connectivity index (χ0) is 16.4. The van der Waals surface area contributed by atoms with Crippen molar-refractivity contribution in [2.24, 2.45) is 0 Å². The van der Waals surface area contributed by atoms with E-state index in [0.717, 1.165) is 30.1 Å². The van der Waals surface area contributed by atoms with E-state index < -0.39 is 0 Å². The van der Waals surface area contributed by atoms with Gasteiger partial charge in [0.2, 0.25) is 0 Å². The Hall–Kier alpha value is -1.24. The second kappa shape index (κ2) is 6.71. The van der Waals surface area contributed by atoms with Crippen LogP contribution in [-0.4, -0.2) is 21.9 Å². The number of fused-ring (bicyclic) bond motifs is 1. The summed E-state index contributed by atoms with van der Waals surface area (Å²) in [6.07, 6.45) is 5.55. The van der Waals surface area contributed by atoms with Gasteiger partial charge in [0.1, 0.15) is 5.01 Å². The smallest absolute Gasteiger partial charge is 0.119 e. The third-order valence-electron chi connectivity index (χ3n) is 4.22. The van der Waals surface area contributed by atoms with Gasteiger partial charge in [0, 0.05) is 36.3 Å². The number of nitrogens with one attached hydrogen (secondary N) is 1. The van der Waals surface area contributed by atoms with Gasteiger partial charge >= 0.3 is 0 Å². The highest BCUT2D eigenvalue weighted by Crippen LogP contribution is 2.32. The summed E-state index contributed by atoms with van der Waals surface area (Å²) in [6, 6.07) is 0.377. The Morgan fingerprint density at radius 2 is 2.26 bits per heavy atom. The van der Waals surface area contributed by atoms with E-state index in [1.165, 1.54) is 17.7 Å². The lowest BCUT2D eigenvalue weighted by atomic mass is 9.92. The van der Waals surface area contributed by atoms with Crippen molar-refractivity contribution in [1.29, 1.82) is 0 Å². The maximum atomic E-state index is 5.13. The largest absolute Gasteiger partial charge is 0.378 e. The highest BCUT2D eigenvalue weighted by Gasteiger charge is 2.27. The summed E-state index contributed by atoms with van der Waals surface area (Å²) in [7, 11) is 1.70. The van der Waals surface area contributed by atoms with Crippen molar-refractivity contribution in [3.05, 3.63) is 33.5 Å². The normalized spacial score (nSPS) is 18.2. The van der Waals surface area contributed by atoms with E-state index in [9.17, 15) is 0 Å². The van der Waals surface area contributed by atoms with Crippen LogP contribution in [0.3, 0.4) is 0 Å². The molecule has 0 saturated carbocycles. The molecule has 1 unspecified atom stereocenters. The Balaban J connectivity index is 1.69. The van der Waals surface area contributed by atoms with Crippen LogP contribution in [0.2, 0.25) is 0 Å². The van der Waals surface area contributed by atoms with Gasteiger partial charge in [-0.25, -0.2) is 4.98 Å². The number of methoxy groups -OCH3 is 1. The number of hydrogen-bond acceptors (Lipinski definition) is 5. The fourth-order valence-corrected chi connectivity index (χ4v) is 3.96. The minimum atomic E-state index is 0.0411. The number of aromatic nitrogens is 3. The fraction of sp³-hybridized carbons (Fsp3) is 0.647. The summed E-state index contributed by atoms with van der Waals surface area (Å²) in [5, 5.41) is 11.5. The molecule has 2 heterocycles. The molecule has 0 fully saturated rings. The quantitative estimate of drug-likeness (QED) is 0.910. The molecule has 2 aromatic heterocycles. The molecule has 1 atom stereocenters. The van der Waals surface area contributed by atoms with Crippen LogP contribution in [0.15, 0.2) is 11.6 Å². The van der Waals surface area contributed by atoms with Crippen molar-refractivity contribution >= 4 is 11.3 Å². The molecule has 5 nitrogen and oxygen atoms in total. The predicted octanol–water partition coefficient (Wildman–Crippen LogP) is 3.41. The van der Waals surface area contributed by atoms with E-state index in [0.29, 0.717) is 12.6 Å². The van der Waals surface area contributed by atoms with Gasteiger partial charge in [-0.05, 0) is 40.0 Å². The highest BCUT2D eigenvalue weighted by atomic mass is 32.1. The number of rotatable bonds is 5. The van der Waals surface area contributed by atoms with Gasteiger partial charge in [-0.2, -0.15) is 5.10 Å². The van der Waals surface area contributed by atoms with Crippen molar-refractivity contribution in [3.8, 4) is 0 Å². The van der Waals surface area contributed by atoms with Crippen LogP contribution in [0.5, 0.6) is 0 Å². The molecule has 23 heavy (non-hydrogen) atoms. The maximum absolute atomic E-state index is 5.13. The molecular formula is C17H26N4OS. The van der Waals surface area contributed by atoms with Crippen LogP contribution in [-0.2, 0) is 29.8 Å². The summed E-state index contributed by atoms with van der Waals surface area (Å²) in [6.45, 7) is 8.03. The van der Waals surface area contributed by atoms with Crippen molar-refractivity contribution in [2.45, 2.75) is 64.8 Å². The average Bonchev–Trinajstić information content (AvgIpc) is 3.11. The highest BCUT2D eigenvalue weighted by molar-refractivity contribution is 7.09. The van der Waals surface area contributed by atoms with Crippen LogP contribution >= 0.6 is 11.3 Å². The lowest BCUT2D eigenvalue weighted by Crippen LogP contribution is -2.29. The second-order valence-electron chi connectivity index (χ2n) is 7.12. The van der Waals surface area contributed by atoms with Gasteiger partial charge in [0.05, 0.1) is 24.0 Å². The predicted molar refractivity (Wildman–Crippen MR) is 92.6 cm³/mol. The number of ether oxygens (including phenoxy) is 1. The van der Waals surface area contributed by atoms with Crippen molar-refractivity contribution in [3.63, 3.8) is 0 Å². The van der Waals surface area contributed by atoms with Crippen LogP contribution in [0.1, 0.15) is 61.6 Å². The first-order chi connectivity index (χ1) is 11.0. The molecular weight excluding hydrogens is 308 g/mol. The third kappa shape index (κ3) is 3.65. The van der Waals surface area contributed by atoms with Gasteiger partial charge in [-0.3, -0.25) is 4.68 Å². The van der Waals surface area contributed by atoms with Crippen molar-refractivity contribution < 1.29 is 4.74 Å². The molecule has 0 amide bonds. The summed E-state index contributed by atoms with van der Waals surface area (Å²) < 4.78 is 7.32. The van der Waals surface area contributed by atoms with Gasteiger partial charge in [-0.15, -0.1) is 11.3 Å². The van der Waals surface area contributed by atoms with Crippen LogP contribution < -0.4 is 5.32 Å². The Bertz CT molecular complexity index is 656. The first kappa shape index (κ1) is 16.6. The lowest BCUT2D eigenvalue weighted by Gasteiger charge is -2.28. The average molecular weight is 334 g/mol. The molecule has 1 aliphatic rings. The molecule has 1 N–H and O–H groups in total. The first-order valence-corrected chi connectivity index (χ1v) is 9.10. The first-order valence-electron chi connectivity index (χ1n) is 8.22. The Morgan fingerprint density at radius 3 is 3.00 bits per heavy atom. The second-order valence-corrected chi connectivity index (χ2v) is 8.06. The molecule has 2 aromatic rings. The molecule has 0 bridgehead atoms. The molecule has 0 radical (unpaired) electrons. The van der Waals surface area contributed by atoms with E-state index in [4.69, 9.17) is 4.74 Å². The Kier molecular flexibility index (Phi) is 4.85. The molecule has 126 valence electrons. The van der Waals surface area contributed by atoms with Gasteiger partial charge in [-0.1, -0.05) is 0 Å². The zero-order valence-electron chi connectivity index (χ0n) is 14.4. The summed E-state index contributed by atoms with van der Waals surface area (Å²) >= 11 is 1.66. The van der Waals surface area contributed by atoms with E-state index in [-0.39, 0.29) is 5.54 Å². The Morgan fingerprint density at radius 1 is 1.43 bits per heavy atom. The van der Waals surface area contributed by atoms with Crippen molar-refractivity contribution in [2.75, 3.05) is 7.11 Å². The van der Waals surface area contributed by atoms with Gasteiger partial charge < -0.3 is 10.1 Å². The molecule has 0 aliphatic heterocycles. The molecule has 0 spiro atoms. The van der Waals surface area contributed by atoms with Gasteiger partial charge in [0.25, 0.3) is 0 Å². The standard InChI is InChI=1S/C17H26N4OS/c1-17(2,3)21-15-7-5-6-14(13(15)9-19-21)18-8-12-11-23-16(20-12)10-22-4/h9,11,14,18H,5-8,10H2,1-4H3. The number of thiazole rings is 1. The Labute approximate surface area is 142 Å². The van der Waals surface area contributed by atoms with E-state index in [2.05, 4.69) is 52.4 Å². The summed E-state index contributed by atoms with van der Waals surface area (Å²) in [5.74, 6) is 0. The van der Waals surface area contributed by atoms with Crippen LogP contribution in [0.25, 0.3) is 0 Å². The summed E-state index contributed by atoms with van der Waals surface area (Å²) in [5.41, 5.74) is 3.88.